The van der Waals surface area contributed by atoms with Crippen LogP contribution in [0.5, 0.6) is 0 Å². The zero-order valence-electron chi connectivity index (χ0n) is 14.4. The van der Waals surface area contributed by atoms with Gasteiger partial charge in [-0.15, -0.1) is 0 Å². The van der Waals surface area contributed by atoms with E-state index in [4.69, 9.17) is 0 Å². The second-order valence-electron chi connectivity index (χ2n) is 5.78. The summed E-state index contributed by atoms with van der Waals surface area (Å²) < 4.78 is 1.76. The van der Waals surface area contributed by atoms with Crippen molar-refractivity contribution < 1.29 is 9.59 Å². The average Bonchev–Trinajstić information content (AvgIpc) is 3.13. The first-order valence-electron chi connectivity index (χ1n) is 8.12. The number of hydrogen-bond donors (Lipinski definition) is 1. The maximum absolute atomic E-state index is 12.4. The fraction of sp³-hybridized carbons (Fsp3) is 0.389. The molecule has 6 nitrogen and oxygen atoms in total. The Morgan fingerprint density at radius 2 is 2.12 bits per heavy atom. The Labute approximate surface area is 142 Å². The zero-order chi connectivity index (χ0) is 17.5. The molecule has 0 aliphatic rings. The molecule has 0 aliphatic carbocycles. The van der Waals surface area contributed by atoms with Gasteiger partial charge in [-0.2, -0.15) is 5.10 Å². The maximum Gasteiger partial charge on any atom is 0.291 e. The molecule has 1 atom stereocenters. The molecule has 1 aromatic heterocycles. The van der Waals surface area contributed by atoms with Crippen molar-refractivity contribution >= 4 is 11.7 Å². The number of nitrogens with zero attached hydrogens (tertiary/aromatic N) is 3. The fourth-order valence-corrected chi connectivity index (χ4v) is 2.60. The first kappa shape index (κ1) is 17.9. The summed E-state index contributed by atoms with van der Waals surface area (Å²) in [4.78, 5) is 26.1. The van der Waals surface area contributed by atoms with Crippen LogP contribution in [0.15, 0.2) is 42.7 Å². The molecule has 128 valence electrons. The van der Waals surface area contributed by atoms with Crippen molar-refractivity contribution in [3.63, 3.8) is 0 Å². The van der Waals surface area contributed by atoms with Crippen LogP contribution in [0.2, 0.25) is 0 Å². The molecule has 2 aromatic rings. The SMILES string of the molecule is CCCC(NC)C(=O)C(=O)N(C)Cc1cccc(-n2cccn2)c1. The van der Waals surface area contributed by atoms with E-state index >= 15 is 0 Å². The number of likely N-dealkylation sites (N-methyl/N-ethyl adjacent to an activating group) is 2. The summed E-state index contributed by atoms with van der Waals surface area (Å²) >= 11 is 0. The maximum atomic E-state index is 12.4. The van der Waals surface area contributed by atoms with Gasteiger partial charge in [0.2, 0.25) is 5.78 Å². The minimum atomic E-state index is -0.465. The standard InChI is InChI=1S/C18H24N4O2/c1-4-7-16(19-2)17(23)18(24)21(3)13-14-8-5-9-15(12-14)22-11-6-10-20-22/h5-6,8-12,16,19H,4,7,13H2,1-3H3. The predicted molar refractivity (Wildman–Crippen MR) is 92.8 cm³/mol. The van der Waals surface area contributed by atoms with Gasteiger partial charge in [-0.1, -0.05) is 25.5 Å². The molecule has 0 saturated carbocycles. The number of nitrogens with one attached hydrogen (secondary N) is 1. The minimum absolute atomic E-state index is 0.377. The Bertz CT molecular complexity index is 682. The van der Waals surface area contributed by atoms with E-state index in [1.165, 1.54) is 4.90 Å². The van der Waals surface area contributed by atoms with E-state index < -0.39 is 11.9 Å². The van der Waals surface area contributed by atoms with Gasteiger partial charge in [-0.05, 0) is 37.2 Å². The van der Waals surface area contributed by atoms with Gasteiger partial charge >= 0.3 is 0 Å². The third-order valence-corrected chi connectivity index (χ3v) is 3.90. The van der Waals surface area contributed by atoms with Crippen molar-refractivity contribution in [2.45, 2.75) is 32.4 Å². The molecule has 1 heterocycles. The zero-order valence-corrected chi connectivity index (χ0v) is 14.4. The van der Waals surface area contributed by atoms with E-state index in [2.05, 4.69) is 10.4 Å². The molecule has 0 radical (unpaired) electrons. The summed E-state index contributed by atoms with van der Waals surface area (Å²) in [5.74, 6) is -0.850. The summed E-state index contributed by atoms with van der Waals surface area (Å²) in [5.41, 5.74) is 1.87. The highest BCUT2D eigenvalue weighted by Gasteiger charge is 2.26. The van der Waals surface area contributed by atoms with Crippen molar-refractivity contribution in [3.8, 4) is 5.69 Å². The summed E-state index contributed by atoms with van der Waals surface area (Å²) in [6.45, 7) is 2.37. The quantitative estimate of drug-likeness (QED) is 0.750. The van der Waals surface area contributed by atoms with Crippen LogP contribution in [-0.2, 0) is 16.1 Å². The van der Waals surface area contributed by atoms with Crippen molar-refractivity contribution in [3.05, 3.63) is 48.3 Å². The van der Waals surface area contributed by atoms with E-state index in [0.29, 0.717) is 13.0 Å². The van der Waals surface area contributed by atoms with Crippen LogP contribution >= 0.6 is 0 Å². The molecule has 0 fully saturated rings. The van der Waals surface area contributed by atoms with Crippen LogP contribution in [-0.4, -0.2) is 46.5 Å². The second-order valence-corrected chi connectivity index (χ2v) is 5.78. The molecule has 0 spiro atoms. The number of amides is 1. The topological polar surface area (TPSA) is 67.2 Å². The number of carbonyl (C=O) groups excluding carboxylic acids is 2. The summed E-state index contributed by atoms with van der Waals surface area (Å²) in [5, 5.41) is 7.12. The molecule has 0 saturated heterocycles. The van der Waals surface area contributed by atoms with Crippen LogP contribution in [0.3, 0.4) is 0 Å². The number of benzene rings is 1. The molecule has 1 amide bonds. The average molecular weight is 328 g/mol. The Kier molecular flexibility index (Phi) is 6.26. The van der Waals surface area contributed by atoms with Crippen LogP contribution in [0.4, 0.5) is 0 Å². The van der Waals surface area contributed by atoms with Gasteiger partial charge in [0, 0.05) is 26.0 Å². The summed E-state index contributed by atoms with van der Waals surface area (Å²) in [6, 6.07) is 9.19. The van der Waals surface area contributed by atoms with Gasteiger partial charge in [0.05, 0.1) is 11.7 Å². The summed E-state index contributed by atoms with van der Waals surface area (Å²) in [6.07, 6.45) is 5.08. The van der Waals surface area contributed by atoms with E-state index in [9.17, 15) is 9.59 Å². The molecule has 0 bridgehead atoms. The smallest absolute Gasteiger partial charge is 0.291 e. The largest absolute Gasteiger partial charge is 0.335 e. The van der Waals surface area contributed by atoms with Crippen molar-refractivity contribution in [2.24, 2.45) is 0 Å². The van der Waals surface area contributed by atoms with Crippen molar-refractivity contribution in [1.29, 1.82) is 0 Å². The van der Waals surface area contributed by atoms with Gasteiger partial charge in [-0.3, -0.25) is 9.59 Å². The lowest BCUT2D eigenvalue weighted by Gasteiger charge is -2.20. The number of rotatable bonds is 8. The third kappa shape index (κ3) is 4.29. The Balaban J connectivity index is 2.06. The Hall–Kier alpha value is -2.47. The van der Waals surface area contributed by atoms with Gasteiger partial charge < -0.3 is 10.2 Å². The molecule has 1 N–H and O–H groups in total. The van der Waals surface area contributed by atoms with Crippen LogP contribution in [0.25, 0.3) is 5.69 Å². The fourth-order valence-electron chi connectivity index (χ4n) is 2.60. The number of Topliss-reactive ketones (excluding diaryl/α,β-unsaturated/α-hetero) is 1. The number of hydrogen-bond acceptors (Lipinski definition) is 4. The van der Waals surface area contributed by atoms with Gasteiger partial charge in [0.25, 0.3) is 5.91 Å². The number of ketones is 1. The Morgan fingerprint density at radius 3 is 2.75 bits per heavy atom. The highest BCUT2D eigenvalue weighted by Crippen LogP contribution is 2.12. The Morgan fingerprint density at radius 1 is 1.33 bits per heavy atom. The first-order valence-corrected chi connectivity index (χ1v) is 8.12. The molecule has 24 heavy (non-hydrogen) atoms. The first-order chi connectivity index (χ1) is 11.6. The molecular formula is C18H24N4O2. The van der Waals surface area contributed by atoms with Gasteiger partial charge in [-0.25, -0.2) is 4.68 Å². The molecule has 1 aromatic carbocycles. The lowest BCUT2D eigenvalue weighted by molar-refractivity contribution is -0.145. The van der Waals surface area contributed by atoms with Crippen molar-refractivity contribution in [2.75, 3.05) is 14.1 Å². The van der Waals surface area contributed by atoms with Crippen LogP contribution in [0, 0.1) is 0 Å². The van der Waals surface area contributed by atoms with Crippen molar-refractivity contribution in [1.82, 2.24) is 20.0 Å². The molecule has 2 rings (SSSR count). The van der Waals surface area contributed by atoms with E-state index in [0.717, 1.165) is 17.7 Å². The van der Waals surface area contributed by atoms with E-state index in [1.54, 1.807) is 25.0 Å². The van der Waals surface area contributed by atoms with Gasteiger partial charge in [0.15, 0.2) is 0 Å². The summed E-state index contributed by atoms with van der Waals surface area (Å²) in [7, 11) is 3.36. The van der Waals surface area contributed by atoms with E-state index in [-0.39, 0.29) is 5.78 Å². The predicted octanol–water partition coefficient (Wildman–Crippen LogP) is 1.79. The minimum Gasteiger partial charge on any atom is -0.335 e. The molecular weight excluding hydrogens is 304 g/mol. The molecule has 6 heteroatoms. The van der Waals surface area contributed by atoms with Crippen LogP contribution < -0.4 is 5.32 Å². The monoisotopic (exact) mass is 328 g/mol. The third-order valence-electron chi connectivity index (χ3n) is 3.90. The van der Waals surface area contributed by atoms with Crippen LogP contribution in [0.1, 0.15) is 25.3 Å². The highest BCUT2D eigenvalue weighted by molar-refractivity contribution is 6.37. The lowest BCUT2D eigenvalue weighted by atomic mass is 10.1. The normalized spacial score (nSPS) is 12.0. The van der Waals surface area contributed by atoms with Gasteiger partial charge in [0.1, 0.15) is 0 Å². The number of carbonyl (C=O) groups is 2. The molecule has 0 aliphatic heterocycles. The van der Waals surface area contributed by atoms with E-state index in [1.807, 2.05) is 43.5 Å². The lowest BCUT2D eigenvalue weighted by Crippen LogP contribution is -2.44. The number of aromatic nitrogens is 2. The molecule has 1 unspecified atom stereocenters. The second kappa shape index (κ2) is 8.40. The highest BCUT2D eigenvalue weighted by atomic mass is 16.2.